The first-order valence-corrected chi connectivity index (χ1v) is 9.17. The van der Waals surface area contributed by atoms with Crippen LogP contribution in [0.15, 0.2) is 18.2 Å². The zero-order valence-corrected chi connectivity index (χ0v) is 14.4. The summed E-state index contributed by atoms with van der Waals surface area (Å²) in [5.41, 5.74) is 0.415. The molecule has 1 aliphatic heterocycles. The van der Waals surface area contributed by atoms with Crippen LogP contribution in [-0.2, 0) is 10.0 Å². The number of rotatable bonds is 5. The molecule has 23 heavy (non-hydrogen) atoms. The maximum Gasteiger partial charge on any atom is 0.251 e. The summed E-state index contributed by atoms with van der Waals surface area (Å²) in [6.07, 6.45) is 2.66. The van der Waals surface area contributed by atoms with Crippen molar-refractivity contribution in [2.24, 2.45) is 0 Å². The quantitative estimate of drug-likeness (QED) is 0.858. The van der Waals surface area contributed by atoms with Crippen LogP contribution in [0.1, 0.15) is 23.2 Å². The first-order valence-electron chi connectivity index (χ1n) is 7.32. The molecule has 1 amide bonds. The zero-order valence-electron chi connectivity index (χ0n) is 13.5. The third-order valence-electron chi connectivity index (χ3n) is 3.80. The summed E-state index contributed by atoms with van der Waals surface area (Å²) in [4.78, 5) is 12.4. The first kappa shape index (κ1) is 17.6. The van der Waals surface area contributed by atoms with Crippen LogP contribution in [-0.4, -0.2) is 58.2 Å². The molecule has 0 radical (unpaired) electrons. The minimum atomic E-state index is -3.24. The van der Waals surface area contributed by atoms with Crippen molar-refractivity contribution >= 4 is 15.9 Å². The number of piperidine rings is 1. The molecule has 1 heterocycles. The second kappa shape index (κ2) is 7.18. The van der Waals surface area contributed by atoms with Crippen molar-refractivity contribution in [3.05, 3.63) is 23.8 Å². The molecule has 1 N–H and O–H groups in total. The van der Waals surface area contributed by atoms with Crippen LogP contribution in [0, 0.1) is 0 Å². The van der Waals surface area contributed by atoms with E-state index in [1.807, 2.05) is 0 Å². The van der Waals surface area contributed by atoms with E-state index in [0.29, 0.717) is 30.2 Å². The van der Waals surface area contributed by atoms with Gasteiger partial charge in [-0.2, -0.15) is 0 Å². The van der Waals surface area contributed by atoms with Crippen molar-refractivity contribution in [3.63, 3.8) is 0 Å². The second-order valence-corrected chi connectivity index (χ2v) is 7.52. The fraction of sp³-hybridized carbons (Fsp3) is 0.533. The van der Waals surface area contributed by atoms with Gasteiger partial charge in [0.05, 0.1) is 20.5 Å². The van der Waals surface area contributed by atoms with E-state index in [-0.39, 0.29) is 11.9 Å². The summed E-state index contributed by atoms with van der Waals surface area (Å²) in [5.74, 6) is 0.773. The van der Waals surface area contributed by atoms with Gasteiger partial charge in [0, 0.05) is 30.8 Å². The topological polar surface area (TPSA) is 84.9 Å². The van der Waals surface area contributed by atoms with Gasteiger partial charge in [0.25, 0.3) is 5.91 Å². The lowest BCUT2D eigenvalue weighted by Gasteiger charge is -2.31. The Balaban J connectivity index is 2.09. The monoisotopic (exact) mass is 342 g/mol. The SMILES string of the molecule is COc1cc(OC)cc(C(=O)NC2CCCN(S(C)(=O)=O)C2)c1. The Labute approximate surface area is 136 Å². The van der Waals surface area contributed by atoms with Crippen LogP contribution in [0.2, 0.25) is 0 Å². The molecule has 0 saturated carbocycles. The molecule has 1 aliphatic rings. The van der Waals surface area contributed by atoms with Crippen LogP contribution < -0.4 is 14.8 Å². The molecule has 1 aromatic rings. The Morgan fingerprint density at radius 1 is 1.22 bits per heavy atom. The lowest BCUT2D eigenvalue weighted by molar-refractivity contribution is 0.0920. The Kier molecular flexibility index (Phi) is 5.48. The number of benzene rings is 1. The Morgan fingerprint density at radius 2 is 1.83 bits per heavy atom. The molecule has 8 heteroatoms. The van der Waals surface area contributed by atoms with Crippen molar-refractivity contribution in [3.8, 4) is 11.5 Å². The number of hydrogen-bond acceptors (Lipinski definition) is 5. The third-order valence-corrected chi connectivity index (χ3v) is 5.07. The number of nitrogens with zero attached hydrogens (tertiary/aromatic N) is 1. The highest BCUT2D eigenvalue weighted by atomic mass is 32.2. The predicted molar refractivity (Wildman–Crippen MR) is 86.5 cm³/mol. The summed E-state index contributed by atoms with van der Waals surface area (Å²) in [7, 11) is -0.208. The van der Waals surface area contributed by atoms with Crippen LogP contribution in [0.25, 0.3) is 0 Å². The molecule has 1 unspecified atom stereocenters. The van der Waals surface area contributed by atoms with E-state index >= 15 is 0 Å². The average Bonchev–Trinajstić information content (AvgIpc) is 2.53. The molecular formula is C15H22N2O5S. The van der Waals surface area contributed by atoms with Gasteiger partial charge in [0.2, 0.25) is 10.0 Å². The number of nitrogens with one attached hydrogen (secondary N) is 1. The number of hydrogen-bond donors (Lipinski definition) is 1. The molecule has 0 aliphatic carbocycles. The lowest BCUT2D eigenvalue weighted by Crippen LogP contribution is -2.49. The second-order valence-electron chi connectivity index (χ2n) is 5.53. The number of carbonyl (C=O) groups is 1. The van der Waals surface area contributed by atoms with E-state index in [0.717, 1.165) is 12.8 Å². The van der Waals surface area contributed by atoms with Gasteiger partial charge in [-0.1, -0.05) is 0 Å². The van der Waals surface area contributed by atoms with Gasteiger partial charge in [-0.25, -0.2) is 12.7 Å². The fourth-order valence-electron chi connectivity index (χ4n) is 2.57. The van der Waals surface area contributed by atoms with Crippen LogP contribution in [0.3, 0.4) is 0 Å². The molecule has 1 fully saturated rings. The molecule has 1 aromatic carbocycles. The highest BCUT2D eigenvalue weighted by Gasteiger charge is 2.27. The van der Waals surface area contributed by atoms with E-state index in [9.17, 15) is 13.2 Å². The minimum Gasteiger partial charge on any atom is -0.497 e. The Hall–Kier alpha value is -1.80. The van der Waals surface area contributed by atoms with Crippen molar-refractivity contribution in [1.29, 1.82) is 0 Å². The fourth-order valence-corrected chi connectivity index (χ4v) is 3.48. The number of sulfonamides is 1. The smallest absolute Gasteiger partial charge is 0.251 e. The van der Waals surface area contributed by atoms with Gasteiger partial charge in [-0.05, 0) is 25.0 Å². The number of methoxy groups -OCH3 is 2. The van der Waals surface area contributed by atoms with Crippen molar-refractivity contribution in [2.75, 3.05) is 33.6 Å². The lowest BCUT2D eigenvalue weighted by atomic mass is 10.1. The molecule has 1 atom stereocenters. The van der Waals surface area contributed by atoms with E-state index in [1.54, 1.807) is 18.2 Å². The molecule has 2 rings (SSSR count). The standard InChI is InChI=1S/C15H22N2O5S/c1-21-13-7-11(8-14(9-13)22-2)15(18)16-12-5-4-6-17(10-12)23(3,19)20/h7-9,12H,4-6,10H2,1-3H3,(H,16,18). The number of carbonyl (C=O) groups excluding carboxylic acids is 1. The predicted octanol–water partition coefficient (Wildman–Crippen LogP) is 0.858. The van der Waals surface area contributed by atoms with Crippen LogP contribution in [0.4, 0.5) is 0 Å². The van der Waals surface area contributed by atoms with Crippen LogP contribution in [0.5, 0.6) is 11.5 Å². The highest BCUT2D eigenvalue weighted by Crippen LogP contribution is 2.23. The van der Waals surface area contributed by atoms with E-state index in [2.05, 4.69) is 5.32 Å². The van der Waals surface area contributed by atoms with Gasteiger partial charge in [0.15, 0.2) is 0 Å². The highest BCUT2D eigenvalue weighted by molar-refractivity contribution is 7.88. The van der Waals surface area contributed by atoms with Gasteiger partial charge >= 0.3 is 0 Å². The summed E-state index contributed by atoms with van der Waals surface area (Å²) in [5, 5.41) is 2.88. The van der Waals surface area contributed by atoms with Crippen molar-refractivity contribution in [2.45, 2.75) is 18.9 Å². The first-order chi connectivity index (χ1) is 10.8. The Bertz CT molecular complexity index is 652. The van der Waals surface area contributed by atoms with E-state index in [1.165, 1.54) is 24.8 Å². The third kappa shape index (κ3) is 4.59. The molecule has 7 nitrogen and oxygen atoms in total. The maximum atomic E-state index is 12.4. The molecule has 0 spiro atoms. The van der Waals surface area contributed by atoms with Gasteiger partial charge in [0.1, 0.15) is 11.5 Å². The molecule has 128 valence electrons. The minimum absolute atomic E-state index is 0.205. The zero-order chi connectivity index (χ0) is 17.0. The molecule has 0 bridgehead atoms. The summed E-state index contributed by atoms with van der Waals surface area (Å²) in [6, 6.07) is 4.72. The van der Waals surface area contributed by atoms with E-state index < -0.39 is 10.0 Å². The maximum absolute atomic E-state index is 12.4. The Morgan fingerprint density at radius 3 is 2.35 bits per heavy atom. The van der Waals surface area contributed by atoms with Gasteiger partial charge in [-0.3, -0.25) is 4.79 Å². The molecule has 1 saturated heterocycles. The van der Waals surface area contributed by atoms with Crippen molar-refractivity contribution < 1.29 is 22.7 Å². The van der Waals surface area contributed by atoms with Gasteiger partial charge in [-0.15, -0.1) is 0 Å². The molecular weight excluding hydrogens is 320 g/mol. The normalized spacial score (nSPS) is 19.2. The van der Waals surface area contributed by atoms with E-state index in [4.69, 9.17) is 9.47 Å². The van der Waals surface area contributed by atoms with Crippen molar-refractivity contribution in [1.82, 2.24) is 9.62 Å². The average molecular weight is 342 g/mol. The largest absolute Gasteiger partial charge is 0.497 e. The van der Waals surface area contributed by atoms with Crippen LogP contribution >= 0.6 is 0 Å². The number of ether oxygens (including phenoxy) is 2. The summed E-state index contributed by atoms with van der Waals surface area (Å²) >= 11 is 0. The summed E-state index contributed by atoms with van der Waals surface area (Å²) < 4.78 is 35.0. The molecule has 0 aromatic heterocycles. The van der Waals surface area contributed by atoms with Gasteiger partial charge < -0.3 is 14.8 Å². The number of amides is 1. The summed E-state index contributed by atoms with van der Waals surface area (Å²) in [6.45, 7) is 0.795.